The highest BCUT2D eigenvalue weighted by atomic mass is 79.9. The van der Waals surface area contributed by atoms with Gasteiger partial charge in [0.1, 0.15) is 0 Å². The lowest BCUT2D eigenvalue weighted by molar-refractivity contribution is -0.133. The molecule has 1 fully saturated rings. The normalized spacial score (nSPS) is 19.4. The molecule has 1 aromatic rings. The summed E-state index contributed by atoms with van der Waals surface area (Å²) in [6.07, 6.45) is 5.27. The van der Waals surface area contributed by atoms with E-state index in [1.54, 1.807) is 0 Å². The van der Waals surface area contributed by atoms with Crippen LogP contribution in [0.5, 0.6) is 0 Å². The molecular formula is C16H23BrN2O. The zero-order valence-electron chi connectivity index (χ0n) is 12.0. The van der Waals surface area contributed by atoms with Gasteiger partial charge in [-0.05, 0) is 37.5 Å². The van der Waals surface area contributed by atoms with Crippen molar-refractivity contribution in [2.75, 3.05) is 6.54 Å². The Bertz CT molecular complexity index is 469. The maximum Gasteiger partial charge on any atom is 0.227 e. The van der Waals surface area contributed by atoms with E-state index in [0.717, 1.165) is 35.7 Å². The Hall–Kier alpha value is -0.870. The number of benzene rings is 1. The van der Waals surface area contributed by atoms with Crippen molar-refractivity contribution in [3.63, 3.8) is 0 Å². The quantitative estimate of drug-likeness (QED) is 0.882. The van der Waals surface area contributed by atoms with E-state index in [-0.39, 0.29) is 17.4 Å². The van der Waals surface area contributed by atoms with Crippen molar-refractivity contribution in [3.8, 4) is 0 Å². The number of nitrogens with two attached hydrogens (primary N) is 1. The third kappa shape index (κ3) is 3.41. The van der Waals surface area contributed by atoms with Crippen LogP contribution in [-0.2, 0) is 4.79 Å². The van der Waals surface area contributed by atoms with Gasteiger partial charge >= 0.3 is 0 Å². The van der Waals surface area contributed by atoms with Crippen molar-refractivity contribution < 1.29 is 4.79 Å². The van der Waals surface area contributed by atoms with E-state index in [4.69, 9.17) is 5.73 Å². The van der Waals surface area contributed by atoms with Gasteiger partial charge in [-0.25, -0.2) is 0 Å². The Morgan fingerprint density at radius 1 is 1.40 bits per heavy atom. The molecule has 0 saturated heterocycles. The first-order valence-electron chi connectivity index (χ1n) is 7.34. The fourth-order valence-electron chi connectivity index (χ4n) is 2.96. The second-order valence-corrected chi connectivity index (χ2v) is 6.71. The van der Waals surface area contributed by atoms with Gasteiger partial charge in [-0.2, -0.15) is 0 Å². The van der Waals surface area contributed by atoms with E-state index in [1.807, 2.05) is 31.2 Å². The number of hydrogen-bond acceptors (Lipinski definition) is 2. The van der Waals surface area contributed by atoms with Gasteiger partial charge in [0.15, 0.2) is 0 Å². The molecule has 4 heteroatoms. The van der Waals surface area contributed by atoms with Gasteiger partial charge in [0.05, 0.1) is 11.5 Å². The summed E-state index contributed by atoms with van der Waals surface area (Å²) in [7, 11) is 0. The standard InChI is InChI=1S/C16H23BrN2O/c1-12(13-6-5-7-14(17)10-13)19-15(20)16(11-18)8-3-2-4-9-16/h5-7,10,12H,2-4,8-9,11,18H2,1H3,(H,19,20)/t12-/m0/s1. The first-order chi connectivity index (χ1) is 9.57. The Balaban J connectivity index is 2.06. The topological polar surface area (TPSA) is 55.1 Å². The molecule has 1 aliphatic rings. The molecule has 0 radical (unpaired) electrons. The highest BCUT2D eigenvalue weighted by molar-refractivity contribution is 9.10. The second-order valence-electron chi connectivity index (χ2n) is 5.80. The summed E-state index contributed by atoms with van der Waals surface area (Å²) in [5, 5.41) is 3.15. The fourth-order valence-corrected chi connectivity index (χ4v) is 3.38. The van der Waals surface area contributed by atoms with E-state index >= 15 is 0 Å². The molecule has 0 aromatic heterocycles. The third-order valence-electron chi connectivity index (χ3n) is 4.38. The first kappa shape index (κ1) is 15.5. The van der Waals surface area contributed by atoms with Crippen LogP contribution in [0.15, 0.2) is 28.7 Å². The molecule has 0 unspecified atom stereocenters. The van der Waals surface area contributed by atoms with Gasteiger partial charge in [-0.1, -0.05) is 47.3 Å². The monoisotopic (exact) mass is 338 g/mol. The number of rotatable bonds is 4. The smallest absolute Gasteiger partial charge is 0.227 e. The maximum atomic E-state index is 12.6. The van der Waals surface area contributed by atoms with Crippen molar-refractivity contribution in [1.29, 1.82) is 0 Å². The van der Waals surface area contributed by atoms with Crippen LogP contribution in [0.3, 0.4) is 0 Å². The molecule has 0 heterocycles. The van der Waals surface area contributed by atoms with Gasteiger partial charge < -0.3 is 11.1 Å². The molecule has 0 bridgehead atoms. The summed E-state index contributed by atoms with van der Waals surface area (Å²) in [5.74, 6) is 0.118. The van der Waals surface area contributed by atoms with Gasteiger partial charge in [-0.3, -0.25) is 4.79 Å². The predicted octanol–water partition coefficient (Wildman–Crippen LogP) is 3.54. The Morgan fingerprint density at radius 2 is 2.10 bits per heavy atom. The second kappa shape index (κ2) is 6.72. The van der Waals surface area contributed by atoms with Gasteiger partial charge in [0.25, 0.3) is 0 Å². The van der Waals surface area contributed by atoms with E-state index in [1.165, 1.54) is 6.42 Å². The van der Waals surface area contributed by atoms with Crippen molar-refractivity contribution in [3.05, 3.63) is 34.3 Å². The van der Waals surface area contributed by atoms with E-state index < -0.39 is 0 Å². The lowest BCUT2D eigenvalue weighted by Gasteiger charge is -2.35. The Morgan fingerprint density at radius 3 is 2.70 bits per heavy atom. The third-order valence-corrected chi connectivity index (χ3v) is 4.87. The molecule has 110 valence electrons. The molecule has 3 N–H and O–H groups in total. The van der Waals surface area contributed by atoms with Crippen molar-refractivity contribution in [1.82, 2.24) is 5.32 Å². The molecule has 0 aliphatic heterocycles. The van der Waals surface area contributed by atoms with Gasteiger partial charge in [0, 0.05) is 11.0 Å². The fraction of sp³-hybridized carbons (Fsp3) is 0.562. The maximum absolute atomic E-state index is 12.6. The summed E-state index contributed by atoms with van der Waals surface area (Å²) in [5.41, 5.74) is 6.67. The van der Waals surface area contributed by atoms with Crippen LogP contribution in [0, 0.1) is 5.41 Å². The number of halogens is 1. The van der Waals surface area contributed by atoms with Crippen LogP contribution in [-0.4, -0.2) is 12.5 Å². The average Bonchev–Trinajstić information content (AvgIpc) is 2.47. The van der Waals surface area contributed by atoms with E-state index in [9.17, 15) is 4.79 Å². The van der Waals surface area contributed by atoms with Crippen LogP contribution in [0.1, 0.15) is 50.6 Å². The van der Waals surface area contributed by atoms with Gasteiger partial charge in [0.2, 0.25) is 5.91 Å². The lowest BCUT2D eigenvalue weighted by atomic mass is 9.73. The van der Waals surface area contributed by atoms with Crippen LogP contribution in [0.2, 0.25) is 0 Å². The summed E-state index contributed by atoms with van der Waals surface area (Å²) < 4.78 is 1.03. The summed E-state index contributed by atoms with van der Waals surface area (Å²) in [4.78, 5) is 12.6. The molecule has 1 atom stereocenters. The minimum absolute atomic E-state index is 0.00496. The van der Waals surface area contributed by atoms with Crippen molar-refractivity contribution in [2.45, 2.75) is 45.1 Å². The number of carbonyl (C=O) groups excluding carboxylic acids is 1. The lowest BCUT2D eigenvalue weighted by Crippen LogP contribution is -2.47. The van der Waals surface area contributed by atoms with Crippen LogP contribution >= 0.6 is 15.9 Å². The summed E-state index contributed by atoms with van der Waals surface area (Å²) in [6.45, 7) is 2.47. The zero-order valence-corrected chi connectivity index (χ0v) is 13.6. The average molecular weight is 339 g/mol. The number of nitrogens with one attached hydrogen (secondary N) is 1. The molecule has 1 aromatic carbocycles. The van der Waals surface area contributed by atoms with Gasteiger partial charge in [-0.15, -0.1) is 0 Å². The zero-order chi connectivity index (χ0) is 14.6. The highest BCUT2D eigenvalue weighted by Gasteiger charge is 2.38. The first-order valence-corrected chi connectivity index (χ1v) is 8.13. The molecule has 0 spiro atoms. The molecule has 1 saturated carbocycles. The molecule has 3 nitrogen and oxygen atoms in total. The Kier molecular flexibility index (Phi) is 5.22. The molecule has 1 aliphatic carbocycles. The van der Waals surface area contributed by atoms with Crippen LogP contribution in [0.25, 0.3) is 0 Å². The molecule has 2 rings (SSSR count). The minimum Gasteiger partial charge on any atom is -0.349 e. The number of hydrogen-bond donors (Lipinski definition) is 2. The van der Waals surface area contributed by atoms with E-state index in [0.29, 0.717) is 6.54 Å². The number of carbonyl (C=O) groups is 1. The highest BCUT2D eigenvalue weighted by Crippen LogP contribution is 2.36. The predicted molar refractivity (Wildman–Crippen MR) is 85.3 cm³/mol. The van der Waals surface area contributed by atoms with E-state index in [2.05, 4.69) is 21.2 Å². The minimum atomic E-state index is -0.349. The Labute approximate surface area is 129 Å². The van der Waals surface area contributed by atoms with Crippen LogP contribution in [0.4, 0.5) is 0 Å². The summed E-state index contributed by atoms with van der Waals surface area (Å²) in [6, 6.07) is 8.06. The molecule has 20 heavy (non-hydrogen) atoms. The largest absolute Gasteiger partial charge is 0.349 e. The SMILES string of the molecule is C[C@H](NC(=O)C1(CN)CCCCC1)c1cccc(Br)c1. The molecule has 1 amide bonds. The van der Waals surface area contributed by atoms with Crippen LogP contribution < -0.4 is 11.1 Å². The molecular weight excluding hydrogens is 316 g/mol. The van der Waals surface area contributed by atoms with Crippen molar-refractivity contribution >= 4 is 21.8 Å². The number of amides is 1. The van der Waals surface area contributed by atoms with Crippen molar-refractivity contribution in [2.24, 2.45) is 11.1 Å². The summed E-state index contributed by atoms with van der Waals surface area (Å²) >= 11 is 3.46.